The lowest BCUT2D eigenvalue weighted by molar-refractivity contribution is 0.0983. The van der Waals surface area contributed by atoms with Crippen LogP contribution in [0.25, 0.3) is 11.0 Å². The largest absolute Gasteiger partial charge is 0.796 e. The van der Waals surface area contributed by atoms with Crippen LogP contribution in [0.4, 0.5) is 8.63 Å². The van der Waals surface area contributed by atoms with Crippen molar-refractivity contribution in [3.63, 3.8) is 0 Å². The zero-order chi connectivity index (χ0) is 14.0. The first-order chi connectivity index (χ1) is 9.04. The van der Waals surface area contributed by atoms with Crippen LogP contribution in [0.5, 0.6) is 5.75 Å². The third kappa shape index (κ3) is 2.49. The third-order valence-electron chi connectivity index (χ3n) is 2.57. The molecule has 0 amide bonds. The van der Waals surface area contributed by atoms with Gasteiger partial charge in [-0.3, -0.25) is 4.79 Å². The van der Waals surface area contributed by atoms with Gasteiger partial charge in [-0.05, 0) is 12.1 Å². The number of carbonyl (C=O) groups excluding carboxylic acids is 1. The highest BCUT2D eigenvalue weighted by molar-refractivity contribution is 6.36. The lowest BCUT2D eigenvalue weighted by atomic mass is 10.1. The van der Waals surface area contributed by atoms with E-state index < -0.39 is 30.2 Å². The number of ketones is 1. The van der Waals surface area contributed by atoms with Crippen molar-refractivity contribution in [3.05, 3.63) is 40.2 Å². The number of Topliss-reactive ketones (excluding diaryl/α,β-unsaturated/α-hetero) is 1. The molecule has 0 aliphatic heterocycles. The normalized spacial score (nSPS) is 10.5. The summed E-state index contributed by atoms with van der Waals surface area (Å²) in [6, 6.07) is 6.04. The lowest BCUT2D eigenvalue weighted by Gasteiger charge is -2.10. The number of hydrogen-bond donors (Lipinski definition) is 0. The summed E-state index contributed by atoms with van der Waals surface area (Å²) in [6.07, 6.45) is -0.0112. The van der Waals surface area contributed by atoms with E-state index in [1.165, 1.54) is 19.1 Å². The smallest absolute Gasteiger partial charge is 0.504 e. The van der Waals surface area contributed by atoms with Crippen molar-refractivity contribution in [2.24, 2.45) is 0 Å². The Morgan fingerprint density at radius 3 is 2.68 bits per heavy atom. The number of hydrogen-bond acceptors (Lipinski definition) is 4. The summed E-state index contributed by atoms with van der Waals surface area (Å²) in [7, 11) is -3.13. The highest BCUT2D eigenvalue weighted by Crippen LogP contribution is 2.29. The maximum absolute atomic E-state index is 12.5. The first kappa shape index (κ1) is 13.3. The Kier molecular flexibility index (Phi) is 3.64. The number of carbonyl (C=O) groups is 1. The van der Waals surface area contributed by atoms with Crippen molar-refractivity contribution in [2.75, 3.05) is 0 Å². The molecule has 19 heavy (non-hydrogen) atoms. The second-order valence-electron chi connectivity index (χ2n) is 3.75. The molecule has 4 nitrogen and oxygen atoms in total. The minimum absolute atomic E-state index is 0.0112. The van der Waals surface area contributed by atoms with Gasteiger partial charge in [-0.15, -0.1) is 0 Å². The molecule has 0 fully saturated rings. The molecule has 2 rings (SSSR count). The molecular formula is C12H9BF2O4. The zero-order valence-corrected chi connectivity index (χ0v) is 9.98. The lowest BCUT2D eigenvalue weighted by Crippen LogP contribution is -2.19. The Bertz CT molecular complexity index is 681. The fourth-order valence-electron chi connectivity index (χ4n) is 1.75. The Morgan fingerprint density at radius 2 is 2.05 bits per heavy atom. The molecule has 0 spiro atoms. The van der Waals surface area contributed by atoms with Crippen LogP contribution in [0, 0.1) is 0 Å². The molecule has 1 aromatic carbocycles. The Labute approximate surface area is 107 Å². The van der Waals surface area contributed by atoms with E-state index in [2.05, 4.69) is 4.65 Å². The molecule has 98 valence electrons. The maximum Gasteiger partial charge on any atom is 0.796 e. The van der Waals surface area contributed by atoms with Gasteiger partial charge in [0.25, 0.3) is 0 Å². The van der Waals surface area contributed by atoms with Crippen LogP contribution in [0.3, 0.4) is 0 Å². The van der Waals surface area contributed by atoms with Crippen molar-refractivity contribution in [3.8, 4) is 5.75 Å². The molecule has 0 unspecified atom stereocenters. The highest BCUT2D eigenvalue weighted by atomic mass is 19.2. The molecule has 1 heterocycles. The molecule has 7 heteroatoms. The van der Waals surface area contributed by atoms with Crippen LogP contribution < -0.4 is 10.3 Å². The van der Waals surface area contributed by atoms with E-state index in [0.29, 0.717) is 0 Å². The average Bonchev–Trinajstić information content (AvgIpc) is 2.37. The van der Waals surface area contributed by atoms with E-state index in [-0.39, 0.29) is 17.4 Å². The van der Waals surface area contributed by atoms with Gasteiger partial charge in [-0.2, -0.15) is 0 Å². The van der Waals surface area contributed by atoms with Gasteiger partial charge in [0.15, 0.2) is 5.78 Å². The van der Waals surface area contributed by atoms with Gasteiger partial charge in [0.2, 0.25) is 0 Å². The van der Waals surface area contributed by atoms with Gasteiger partial charge in [-0.25, -0.2) is 13.4 Å². The SMILES string of the molecule is CCC(=O)c1c(OB(F)F)c2ccccc2oc1=O. The van der Waals surface area contributed by atoms with Crippen molar-refractivity contribution in [1.82, 2.24) is 0 Å². The Morgan fingerprint density at radius 1 is 1.37 bits per heavy atom. The van der Waals surface area contributed by atoms with Crippen LogP contribution in [0.1, 0.15) is 23.7 Å². The first-order valence-corrected chi connectivity index (χ1v) is 5.58. The van der Waals surface area contributed by atoms with Crippen molar-refractivity contribution in [2.45, 2.75) is 13.3 Å². The Hall–Kier alpha value is -2.18. The number of benzene rings is 1. The summed E-state index contributed by atoms with van der Waals surface area (Å²) < 4.78 is 34.2. The molecule has 0 aliphatic rings. The van der Waals surface area contributed by atoms with Gasteiger partial charge in [0.1, 0.15) is 16.9 Å². The molecule has 0 aliphatic carbocycles. The number of halogens is 2. The number of rotatable bonds is 4. The summed E-state index contributed by atoms with van der Waals surface area (Å²) in [5.74, 6) is -1.02. The van der Waals surface area contributed by atoms with Crippen LogP contribution in [0.2, 0.25) is 0 Å². The Balaban J connectivity index is 2.81. The molecule has 1 aromatic heterocycles. The van der Waals surface area contributed by atoms with E-state index in [9.17, 15) is 18.2 Å². The van der Waals surface area contributed by atoms with Crippen LogP contribution in [-0.2, 0) is 0 Å². The third-order valence-corrected chi connectivity index (χ3v) is 2.57. The minimum Gasteiger partial charge on any atom is -0.504 e. The van der Waals surface area contributed by atoms with Gasteiger partial charge < -0.3 is 9.07 Å². The van der Waals surface area contributed by atoms with Crippen LogP contribution >= 0.6 is 0 Å². The molecule has 0 N–H and O–H groups in total. The van der Waals surface area contributed by atoms with Gasteiger partial charge in [0, 0.05) is 6.42 Å². The fraction of sp³-hybridized carbons (Fsp3) is 0.167. The van der Waals surface area contributed by atoms with Gasteiger partial charge in [0.05, 0.1) is 5.39 Å². The molecule has 0 atom stereocenters. The maximum atomic E-state index is 12.5. The van der Waals surface area contributed by atoms with Crippen molar-refractivity contribution < 1.29 is 22.5 Å². The standard InChI is InChI=1S/C12H9BF2O4/c1-2-8(16)10-11(19-13(14)15)7-5-3-4-6-9(7)18-12(10)17/h3-6H,2H2,1H3. The van der Waals surface area contributed by atoms with E-state index in [0.717, 1.165) is 0 Å². The number of fused-ring (bicyclic) bond motifs is 1. The van der Waals surface area contributed by atoms with E-state index >= 15 is 0 Å². The molecule has 0 saturated carbocycles. The summed E-state index contributed by atoms with van der Waals surface area (Å²) >= 11 is 0. The molecule has 0 saturated heterocycles. The average molecular weight is 266 g/mol. The molecule has 2 aromatic rings. The predicted octanol–water partition coefficient (Wildman–Crippen LogP) is 2.69. The highest BCUT2D eigenvalue weighted by Gasteiger charge is 2.27. The second-order valence-corrected chi connectivity index (χ2v) is 3.75. The number of para-hydroxylation sites is 1. The quantitative estimate of drug-likeness (QED) is 0.485. The van der Waals surface area contributed by atoms with Gasteiger partial charge >= 0.3 is 13.1 Å². The topological polar surface area (TPSA) is 56.5 Å². The van der Waals surface area contributed by atoms with E-state index in [1.54, 1.807) is 12.1 Å². The summed E-state index contributed by atoms with van der Waals surface area (Å²) in [5.41, 5.74) is -1.35. The van der Waals surface area contributed by atoms with Gasteiger partial charge in [-0.1, -0.05) is 19.1 Å². The van der Waals surface area contributed by atoms with Crippen LogP contribution in [0.15, 0.2) is 33.5 Å². The van der Waals surface area contributed by atoms with Crippen molar-refractivity contribution >= 4 is 24.2 Å². The molecule has 0 bridgehead atoms. The monoisotopic (exact) mass is 266 g/mol. The second kappa shape index (κ2) is 5.21. The van der Waals surface area contributed by atoms with Crippen molar-refractivity contribution in [1.29, 1.82) is 0 Å². The molecule has 0 radical (unpaired) electrons. The summed E-state index contributed by atoms with van der Waals surface area (Å²) in [6.45, 7) is 1.52. The zero-order valence-electron chi connectivity index (χ0n) is 9.98. The fourth-order valence-corrected chi connectivity index (χ4v) is 1.75. The first-order valence-electron chi connectivity index (χ1n) is 5.58. The summed E-state index contributed by atoms with van der Waals surface area (Å²) in [4.78, 5) is 23.4. The predicted molar refractivity (Wildman–Crippen MR) is 65.7 cm³/mol. The van der Waals surface area contributed by atoms with Crippen LogP contribution in [-0.4, -0.2) is 13.3 Å². The van der Waals surface area contributed by atoms with E-state index in [1.807, 2.05) is 0 Å². The molecular weight excluding hydrogens is 257 g/mol. The summed E-state index contributed by atoms with van der Waals surface area (Å²) in [5, 5.41) is 0.166. The minimum atomic E-state index is -3.13. The van der Waals surface area contributed by atoms with E-state index in [4.69, 9.17) is 4.42 Å².